The van der Waals surface area contributed by atoms with Gasteiger partial charge >= 0.3 is 0 Å². The molecular formula is C56H36. The maximum Gasteiger partial charge on any atom is 0.108 e. The van der Waals surface area contributed by atoms with E-state index in [0.29, 0.717) is 0 Å². The Bertz CT molecular complexity index is 3050. The highest BCUT2D eigenvalue weighted by molar-refractivity contribution is 5.89. The van der Waals surface area contributed by atoms with Crippen molar-refractivity contribution in [3.8, 4) is 23.7 Å². The zero-order valence-corrected chi connectivity index (χ0v) is 31.3. The minimum atomic E-state index is -0.758. The summed E-state index contributed by atoms with van der Waals surface area (Å²) in [4.78, 5) is 0. The molecule has 0 saturated carbocycles. The lowest BCUT2D eigenvalue weighted by Crippen LogP contribution is -2.44. The fourth-order valence-corrected chi connectivity index (χ4v) is 11.3. The van der Waals surface area contributed by atoms with Gasteiger partial charge in [0.1, 0.15) is 10.8 Å². The lowest BCUT2D eigenvalue weighted by atomic mass is 9.50. The zero-order chi connectivity index (χ0) is 37.2. The summed E-state index contributed by atoms with van der Waals surface area (Å²) in [6.45, 7) is 4.58. The molecule has 8 aromatic carbocycles. The van der Waals surface area contributed by atoms with E-state index in [0.717, 1.165) is 11.1 Å². The van der Waals surface area contributed by atoms with E-state index in [-0.39, 0.29) is 11.8 Å². The van der Waals surface area contributed by atoms with Gasteiger partial charge in [-0.25, -0.2) is 0 Å². The van der Waals surface area contributed by atoms with E-state index in [1.54, 1.807) is 0 Å². The predicted molar refractivity (Wildman–Crippen MR) is 227 cm³/mol. The van der Waals surface area contributed by atoms with Crippen LogP contribution in [0.2, 0.25) is 0 Å². The summed E-state index contributed by atoms with van der Waals surface area (Å²) in [5, 5.41) is 2.37. The molecule has 0 atom stereocenters. The average Bonchev–Trinajstić information content (AvgIpc) is 3.26. The van der Waals surface area contributed by atoms with Crippen LogP contribution in [-0.2, 0) is 10.8 Å². The van der Waals surface area contributed by atoms with Gasteiger partial charge in [-0.05, 0) is 115 Å². The molecular weight excluding hydrogens is 673 g/mol. The maximum atomic E-state index is 4.30. The topological polar surface area (TPSA) is 0 Å². The molecule has 260 valence electrons. The van der Waals surface area contributed by atoms with Gasteiger partial charge in [-0.1, -0.05) is 181 Å². The minimum absolute atomic E-state index is 0.107. The van der Waals surface area contributed by atoms with Gasteiger partial charge in [0.25, 0.3) is 0 Å². The van der Waals surface area contributed by atoms with E-state index in [4.69, 9.17) is 0 Å². The van der Waals surface area contributed by atoms with Crippen LogP contribution in [0.4, 0.5) is 0 Å². The molecule has 56 heavy (non-hydrogen) atoms. The predicted octanol–water partition coefficient (Wildman–Crippen LogP) is 11.8. The van der Waals surface area contributed by atoms with Crippen molar-refractivity contribution in [2.75, 3.05) is 0 Å². The van der Waals surface area contributed by atoms with E-state index in [2.05, 4.69) is 207 Å². The summed E-state index contributed by atoms with van der Waals surface area (Å²) in [6.07, 6.45) is 0. The summed E-state index contributed by atoms with van der Waals surface area (Å²) in [6, 6.07) is 62.7. The van der Waals surface area contributed by atoms with Crippen LogP contribution in [0.15, 0.2) is 170 Å². The van der Waals surface area contributed by atoms with Crippen molar-refractivity contribution in [1.82, 2.24) is 0 Å². The zero-order valence-electron chi connectivity index (χ0n) is 31.3. The van der Waals surface area contributed by atoms with Crippen LogP contribution in [0.5, 0.6) is 0 Å². The van der Waals surface area contributed by atoms with Gasteiger partial charge in [-0.15, -0.1) is 0 Å². The van der Waals surface area contributed by atoms with E-state index in [1.165, 1.54) is 88.7 Å². The second-order valence-corrected chi connectivity index (χ2v) is 16.0. The van der Waals surface area contributed by atoms with Crippen molar-refractivity contribution in [3.05, 3.63) is 259 Å². The summed E-state index contributed by atoms with van der Waals surface area (Å²) >= 11 is 0. The lowest BCUT2D eigenvalue weighted by molar-refractivity contribution is 0.643. The minimum Gasteiger partial charge on any atom is -0.0802 e. The molecule has 0 heteroatoms. The molecule has 6 aliphatic rings. The Morgan fingerprint density at radius 3 is 1.46 bits per heavy atom. The molecule has 0 unspecified atom stereocenters. The normalized spacial score (nSPS) is 20.9. The van der Waals surface area contributed by atoms with Gasteiger partial charge in [0.05, 0.1) is 0 Å². The van der Waals surface area contributed by atoms with Crippen molar-refractivity contribution in [1.29, 1.82) is 0 Å². The first-order valence-electron chi connectivity index (χ1n) is 19.8. The number of hydrogen-bond acceptors (Lipinski definition) is 0. The van der Waals surface area contributed by atoms with E-state index in [9.17, 15) is 0 Å². The van der Waals surface area contributed by atoms with Crippen LogP contribution in [0, 0.1) is 37.5 Å². The number of aryl methyl sites for hydroxylation is 2. The number of benzene rings is 8. The van der Waals surface area contributed by atoms with E-state index >= 15 is 0 Å². The van der Waals surface area contributed by atoms with Gasteiger partial charge < -0.3 is 0 Å². The third-order valence-corrected chi connectivity index (χ3v) is 13.4. The average molecular weight is 709 g/mol. The van der Waals surface area contributed by atoms with Gasteiger partial charge in [0.2, 0.25) is 0 Å². The highest BCUT2D eigenvalue weighted by atomic mass is 14.6. The van der Waals surface area contributed by atoms with Crippen molar-refractivity contribution in [2.45, 2.75) is 36.5 Å². The van der Waals surface area contributed by atoms with E-state index < -0.39 is 10.8 Å². The smallest absolute Gasteiger partial charge is 0.0802 e. The molecule has 0 saturated heterocycles. The second-order valence-electron chi connectivity index (χ2n) is 16.0. The Balaban J connectivity index is 1.22. The molecule has 4 bridgehead atoms. The molecule has 0 heterocycles. The van der Waals surface area contributed by atoms with Crippen LogP contribution in [0.3, 0.4) is 0 Å². The van der Waals surface area contributed by atoms with Crippen LogP contribution in [-0.4, -0.2) is 0 Å². The van der Waals surface area contributed by atoms with Crippen LogP contribution in [0.1, 0.15) is 101 Å². The van der Waals surface area contributed by atoms with Crippen molar-refractivity contribution >= 4 is 10.8 Å². The Morgan fingerprint density at radius 1 is 0.375 bits per heavy atom. The molecule has 14 rings (SSSR count). The van der Waals surface area contributed by atoms with Crippen LogP contribution < -0.4 is 0 Å². The third kappa shape index (κ3) is 3.86. The maximum absolute atomic E-state index is 4.30. The molecule has 6 aliphatic carbocycles. The molecule has 0 N–H and O–H groups in total. The summed E-state index contributed by atoms with van der Waals surface area (Å²) in [5.74, 6) is 16.3. The number of fused-ring (bicyclic) bond motifs is 1. The van der Waals surface area contributed by atoms with Gasteiger partial charge in [0.15, 0.2) is 0 Å². The number of hydrogen-bond donors (Lipinski definition) is 0. The van der Waals surface area contributed by atoms with Gasteiger partial charge in [0, 0.05) is 23.0 Å². The van der Waals surface area contributed by atoms with Crippen molar-refractivity contribution in [3.63, 3.8) is 0 Å². The summed E-state index contributed by atoms with van der Waals surface area (Å²) in [5.41, 5.74) is 19.2. The first-order chi connectivity index (χ1) is 27.6. The monoisotopic (exact) mass is 708 g/mol. The molecule has 0 nitrogen and oxygen atoms in total. The molecule has 0 spiro atoms. The van der Waals surface area contributed by atoms with Gasteiger partial charge in [-0.3, -0.25) is 0 Å². The molecule has 8 aromatic rings. The Hall–Kier alpha value is -6.86. The highest BCUT2D eigenvalue weighted by Gasteiger charge is 2.55. The lowest BCUT2D eigenvalue weighted by Gasteiger charge is -2.51. The van der Waals surface area contributed by atoms with Crippen LogP contribution in [0.25, 0.3) is 10.8 Å². The quantitative estimate of drug-likeness (QED) is 0.138. The molecule has 0 fully saturated rings. The first-order valence-corrected chi connectivity index (χ1v) is 19.8. The second kappa shape index (κ2) is 11.3. The third-order valence-electron chi connectivity index (χ3n) is 13.4. The van der Waals surface area contributed by atoms with Crippen molar-refractivity contribution in [2.24, 2.45) is 0 Å². The SMILES string of the molecule is Cc1ccc(C)c2c1C1c3ccccc3C2(C#CC23c4ccccc4C(c4ccccc42)c2cccc(C#Cc4cccc5ccccc45)c23)c2ccccc21. The largest absolute Gasteiger partial charge is 0.108 e. The molecule has 0 aliphatic heterocycles. The van der Waals surface area contributed by atoms with Crippen molar-refractivity contribution < 1.29 is 0 Å². The Morgan fingerprint density at radius 2 is 0.821 bits per heavy atom. The number of rotatable bonds is 0. The Kier molecular flexibility index (Phi) is 6.37. The Labute approximate surface area is 328 Å². The highest BCUT2D eigenvalue weighted by Crippen LogP contribution is 2.62. The fourth-order valence-electron chi connectivity index (χ4n) is 11.3. The summed E-state index contributed by atoms with van der Waals surface area (Å²) < 4.78 is 0. The van der Waals surface area contributed by atoms with E-state index in [1.807, 2.05) is 0 Å². The van der Waals surface area contributed by atoms with Gasteiger partial charge in [-0.2, -0.15) is 0 Å². The molecule has 0 radical (unpaired) electrons. The molecule has 0 amide bonds. The molecule has 0 aromatic heterocycles. The van der Waals surface area contributed by atoms with Crippen LogP contribution >= 0.6 is 0 Å². The standard InChI is InChI=1S/C56H36/c1-35-29-30-36(2)53-50(35)52-43-22-7-11-27-48(43)55(53,49-28-12-8-23-44(49)52)33-34-56-46-25-9-5-20-41(46)51(42-21-6-10-26-47(42)56)45-24-14-18-39(54(45)56)32-31-38-17-13-16-37-15-3-4-19-40(37)38/h3-30,51-52H,1-2H3. The summed E-state index contributed by atoms with van der Waals surface area (Å²) in [7, 11) is 0. The first kappa shape index (κ1) is 31.5. The fraction of sp³-hybridized carbons (Fsp3) is 0.107.